The molecule has 1 atom stereocenters. The number of benzene rings is 2. The van der Waals surface area contributed by atoms with E-state index >= 15 is 0 Å². The first-order valence-corrected chi connectivity index (χ1v) is 8.37. The summed E-state index contributed by atoms with van der Waals surface area (Å²) in [5.74, 6) is -1.53. The molecule has 9 heteroatoms. The molecule has 2 amide bonds. The largest absolute Gasteiger partial charge is 0.455 e. The van der Waals surface area contributed by atoms with E-state index in [2.05, 4.69) is 10.6 Å². The number of hydrogen-bond donors (Lipinski definition) is 2. The Balaban J connectivity index is 1.86. The van der Waals surface area contributed by atoms with Gasteiger partial charge in [0.15, 0.2) is 6.61 Å². The van der Waals surface area contributed by atoms with Gasteiger partial charge in [0.1, 0.15) is 0 Å². The summed E-state index contributed by atoms with van der Waals surface area (Å²) in [7, 11) is 0. The smallest absolute Gasteiger partial charge is 0.308 e. The van der Waals surface area contributed by atoms with Crippen molar-refractivity contribution in [1.29, 1.82) is 0 Å². The highest BCUT2D eigenvalue weighted by Crippen LogP contribution is 2.18. The Kier molecular flexibility index (Phi) is 7.21. The topological polar surface area (TPSA) is 128 Å². The molecule has 2 aromatic carbocycles. The number of nitro groups is 1. The van der Waals surface area contributed by atoms with Gasteiger partial charge in [-0.05, 0) is 17.7 Å². The van der Waals surface area contributed by atoms with E-state index in [0.29, 0.717) is 5.69 Å². The summed E-state index contributed by atoms with van der Waals surface area (Å²) in [5, 5.41) is 15.7. The molecule has 2 rings (SSSR count). The maximum atomic E-state index is 12.1. The second kappa shape index (κ2) is 9.81. The highest BCUT2D eigenvalue weighted by molar-refractivity contribution is 5.92. The van der Waals surface area contributed by atoms with Crippen LogP contribution < -0.4 is 10.6 Å². The first-order valence-electron chi connectivity index (χ1n) is 8.37. The van der Waals surface area contributed by atoms with E-state index in [1.165, 1.54) is 31.2 Å². The van der Waals surface area contributed by atoms with Crippen LogP contribution in [0.4, 0.5) is 11.4 Å². The molecule has 0 saturated carbocycles. The third-order valence-corrected chi connectivity index (χ3v) is 3.68. The minimum absolute atomic E-state index is 0.102. The fourth-order valence-electron chi connectivity index (χ4n) is 2.42. The standard InChI is InChI=1S/C19H19N3O6/c1-13(23)20-17(14-5-3-2-4-6-14)11-19(25)28-12-18(24)21-15-7-9-16(10-8-15)22(26)27/h2-10,17H,11-12H2,1H3,(H,20,23)(H,21,24)/t17-/m1/s1. The van der Waals surface area contributed by atoms with Crippen LogP contribution in [0.1, 0.15) is 24.9 Å². The van der Waals surface area contributed by atoms with Crippen molar-refractivity contribution in [3.05, 3.63) is 70.3 Å². The molecule has 2 aromatic rings. The second-order valence-corrected chi connectivity index (χ2v) is 5.88. The number of amides is 2. The lowest BCUT2D eigenvalue weighted by atomic mass is 10.0. The second-order valence-electron chi connectivity index (χ2n) is 5.88. The van der Waals surface area contributed by atoms with E-state index in [0.717, 1.165) is 5.56 Å². The Morgan fingerprint density at radius 2 is 1.71 bits per heavy atom. The van der Waals surface area contributed by atoms with Crippen molar-refractivity contribution in [3.63, 3.8) is 0 Å². The summed E-state index contributed by atoms with van der Waals surface area (Å²) < 4.78 is 4.96. The van der Waals surface area contributed by atoms with E-state index < -0.39 is 29.4 Å². The van der Waals surface area contributed by atoms with E-state index in [1.54, 1.807) is 24.3 Å². The lowest BCUT2D eigenvalue weighted by molar-refractivity contribution is -0.384. The summed E-state index contributed by atoms with van der Waals surface area (Å²) in [4.78, 5) is 45.4. The molecule has 0 aromatic heterocycles. The van der Waals surface area contributed by atoms with Gasteiger partial charge in [-0.2, -0.15) is 0 Å². The minimum Gasteiger partial charge on any atom is -0.455 e. The number of ether oxygens (including phenoxy) is 1. The normalized spacial score (nSPS) is 11.2. The number of carbonyl (C=O) groups is 3. The zero-order valence-corrected chi connectivity index (χ0v) is 15.1. The molecule has 0 saturated heterocycles. The number of non-ortho nitro benzene ring substituents is 1. The van der Waals surface area contributed by atoms with Crippen molar-refractivity contribution in [2.24, 2.45) is 0 Å². The van der Waals surface area contributed by atoms with Crippen LogP contribution in [0, 0.1) is 10.1 Å². The summed E-state index contributed by atoms with van der Waals surface area (Å²) in [6.07, 6.45) is -0.131. The van der Waals surface area contributed by atoms with E-state index in [-0.39, 0.29) is 18.0 Å². The van der Waals surface area contributed by atoms with Gasteiger partial charge in [-0.1, -0.05) is 30.3 Å². The summed E-state index contributed by atoms with van der Waals surface area (Å²) >= 11 is 0. The maximum Gasteiger partial charge on any atom is 0.308 e. The van der Waals surface area contributed by atoms with Crippen LogP contribution in [0.2, 0.25) is 0 Å². The lowest BCUT2D eigenvalue weighted by Crippen LogP contribution is -2.29. The van der Waals surface area contributed by atoms with Crippen LogP contribution in [-0.4, -0.2) is 29.3 Å². The van der Waals surface area contributed by atoms with Gasteiger partial charge in [0, 0.05) is 24.7 Å². The Labute approximate surface area is 160 Å². The molecule has 0 heterocycles. The van der Waals surface area contributed by atoms with Crippen LogP contribution in [0.15, 0.2) is 54.6 Å². The molecule has 0 aliphatic rings. The first kappa shape index (κ1) is 20.6. The van der Waals surface area contributed by atoms with Gasteiger partial charge in [0.25, 0.3) is 11.6 Å². The molecule has 28 heavy (non-hydrogen) atoms. The highest BCUT2D eigenvalue weighted by Gasteiger charge is 2.18. The zero-order valence-electron chi connectivity index (χ0n) is 15.1. The number of nitrogens with zero attached hydrogens (tertiary/aromatic N) is 1. The van der Waals surface area contributed by atoms with Crippen molar-refractivity contribution in [2.45, 2.75) is 19.4 Å². The van der Waals surface area contributed by atoms with Gasteiger partial charge in [0.2, 0.25) is 5.91 Å². The van der Waals surface area contributed by atoms with E-state index in [1.807, 2.05) is 6.07 Å². The van der Waals surface area contributed by atoms with E-state index in [9.17, 15) is 24.5 Å². The minimum atomic E-state index is -0.651. The number of nitrogens with one attached hydrogen (secondary N) is 2. The maximum absolute atomic E-state index is 12.1. The number of anilines is 1. The average molecular weight is 385 g/mol. The van der Waals surface area contributed by atoms with Crippen molar-refractivity contribution in [3.8, 4) is 0 Å². The van der Waals surface area contributed by atoms with Crippen molar-refractivity contribution in [1.82, 2.24) is 5.32 Å². The molecule has 146 valence electrons. The van der Waals surface area contributed by atoms with Crippen LogP contribution >= 0.6 is 0 Å². The molecular weight excluding hydrogens is 366 g/mol. The molecule has 2 N–H and O–H groups in total. The van der Waals surface area contributed by atoms with Crippen LogP contribution in [0.25, 0.3) is 0 Å². The molecule has 0 aliphatic carbocycles. The number of nitro benzene ring substituents is 1. The van der Waals surface area contributed by atoms with E-state index in [4.69, 9.17) is 4.74 Å². The molecule has 0 bridgehead atoms. The predicted molar refractivity (Wildman–Crippen MR) is 100 cm³/mol. The van der Waals surface area contributed by atoms with Gasteiger partial charge in [-0.15, -0.1) is 0 Å². The molecule has 0 radical (unpaired) electrons. The van der Waals surface area contributed by atoms with Crippen molar-refractivity contribution < 1.29 is 24.0 Å². The Bertz CT molecular complexity index is 852. The fourth-order valence-corrected chi connectivity index (χ4v) is 2.42. The van der Waals surface area contributed by atoms with Crippen molar-refractivity contribution in [2.75, 3.05) is 11.9 Å². The van der Waals surface area contributed by atoms with Gasteiger partial charge >= 0.3 is 5.97 Å². The number of carbonyl (C=O) groups excluding carboxylic acids is 3. The quantitative estimate of drug-likeness (QED) is 0.408. The van der Waals surface area contributed by atoms with Gasteiger partial charge < -0.3 is 15.4 Å². The molecule has 0 aliphatic heterocycles. The number of esters is 1. The van der Waals surface area contributed by atoms with Gasteiger partial charge in [-0.25, -0.2) is 0 Å². The zero-order chi connectivity index (χ0) is 20.5. The monoisotopic (exact) mass is 385 g/mol. The van der Waals surface area contributed by atoms with Gasteiger partial charge in [-0.3, -0.25) is 24.5 Å². The molecular formula is C19H19N3O6. The van der Waals surface area contributed by atoms with Crippen LogP contribution in [0.3, 0.4) is 0 Å². The molecule has 0 unspecified atom stereocenters. The summed E-state index contributed by atoms with van der Waals surface area (Å²) in [6, 6.07) is 13.6. The Morgan fingerprint density at radius 3 is 2.29 bits per heavy atom. The van der Waals surface area contributed by atoms with Crippen LogP contribution in [-0.2, 0) is 19.1 Å². The predicted octanol–water partition coefficient (Wildman–Crippen LogP) is 2.34. The fraction of sp³-hybridized carbons (Fsp3) is 0.211. The van der Waals surface area contributed by atoms with Crippen molar-refractivity contribution >= 4 is 29.2 Å². The Morgan fingerprint density at radius 1 is 1.07 bits per heavy atom. The first-order chi connectivity index (χ1) is 13.3. The van der Waals surface area contributed by atoms with Crippen LogP contribution in [0.5, 0.6) is 0 Å². The number of rotatable bonds is 8. The third-order valence-electron chi connectivity index (χ3n) is 3.68. The SMILES string of the molecule is CC(=O)N[C@H](CC(=O)OCC(=O)Nc1ccc([N+](=O)[O-])cc1)c1ccccc1. The molecule has 0 spiro atoms. The summed E-state index contributed by atoms with van der Waals surface area (Å²) in [5.41, 5.74) is 0.978. The molecule has 9 nitrogen and oxygen atoms in total. The van der Waals surface area contributed by atoms with Gasteiger partial charge in [0.05, 0.1) is 17.4 Å². The third kappa shape index (κ3) is 6.52. The Hall–Kier alpha value is -3.75. The average Bonchev–Trinajstić information content (AvgIpc) is 2.66. The highest BCUT2D eigenvalue weighted by atomic mass is 16.6. The summed E-state index contributed by atoms with van der Waals surface area (Å²) in [6.45, 7) is 0.830. The lowest BCUT2D eigenvalue weighted by Gasteiger charge is -2.17. The molecule has 0 fully saturated rings. The number of hydrogen-bond acceptors (Lipinski definition) is 6.